The first kappa shape index (κ1) is 9.81. The van der Waals surface area contributed by atoms with E-state index in [4.69, 9.17) is 16.3 Å². The van der Waals surface area contributed by atoms with Gasteiger partial charge in [0.15, 0.2) is 0 Å². The van der Waals surface area contributed by atoms with Crippen molar-refractivity contribution in [3.63, 3.8) is 0 Å². The first-order valence-corrected chi connectivity index (χ1v) is 5.23. The SMILES string of the molecule is OC1(Oc2ccccc2Cl)CCCC1. The number of halogens is 1. The molecule has 1 aromatic carbocycles. The highest BCUT2D eigenvalue weighted by molar-refractivity contribution is 6.32. The molecule has 1 aliphatic rings. The fourth-order valence-corrected chi connectivity index (χ4v) is 1.94. The van der Waals surface area contributed by atoms with E-state index in [1.807, 2.05) is 12.1 Å². The Labute approximate surface area is 88.5 Å². The Bertz CT molecular complexity index is 319. The van der Waals surface area contributed by atoms with Crippen LogP contribution in [0, 0.1) is 0 Å². The van der Waals surface area contributed by atoms with Crippen LogP contribution in [0.25, 0.3) is 0 Å². The number of aliphatic hydroxyl groups is 1. The largest absolute Gasteiger partial charge is 0.461 e. The smallest absolute Gasteiger partial charge is 0.208 e. The monoisotopic (exact) mass is 212 g/mol. The lowest BCUT2D eigenvalue weighted by atomic mass is 10.2. The molecule has 0 unspecified atom stereocenters. The first-order chi connectivity index (χ1) is 6.70. The minimum Gasteiger partial charge on any atom is -0.461 e. The van der Waals surface area contributed by atoms with Crippen LogP contribution < -0.4 is 4.74 Å². The van der Waals surface area contributed by atoms with Crippen LogP contribution in [0.2, 0.25) is 5.02 Å². The number of benzene rings is 1. The predicted octanol–water partition coefficient (Wildman–Crippen LogP) is 2.98. The fraction of sp³-hybridized carbons (Fsp3) is 0.455. The summed E-state index contributed by atoms with van der Waals surface area (Å²) < 4.78 is 5.52. The number of para-hydroxylation sites is 1. The summed E-state index contributed by atoms with van der Waals surface area (Å²) in [5.41, 5.74) is 0. The standard InChI is InChI=1S/C11H13ClO2/c12-9-5-1-2-6-10(9)14-11(13)7-3-4-8-11/h1-2,5-6,13H,3-4,7-8H2. The van der Waals surface area contributed by atoms with Crippen LogP contribution in [0.15, 0.2) is 24.3 Å². The Morgan fingerprint density at radius 2 is 1.86 bits per heavy atom. The average molecular weight is 213 g/mol. The van der Waals surface area contributed by atoms with Gasteiger partial charge in [-0.3, -0.25) is 0 Å². The molecule has 1 fully saturated rings. The molecule has 0 aromatic heterocycles. The van der Waals surface area contributed by atoms with E-state index in [-0.39, 0.29) is 0 Å². The van der Waals surface area contributed by atoms with Gasteiger partial charge in [-0.15, -0.1) is 0 Å². The summed E-state index contributed by atoms with van der Waals surface area (Å²) in [7, 11) is 0. The third-order valence-electron chi connectivity index (χ3n) is 2.52. The quantitative estimate of drug-likeness (QED) is 0.764. The first-order valence-electron chi connectivity index (χ1n) is 4.86. The van der Waals surface area contributed by atoms with E-state index in [0.29, 0.717) is 23.6 Å². The maximum atomic E-state index is 9.99. The van der Waals surface area contributed by atoms with Crippen molar-refractivity contribution < 1.29 is 9.84 Å². The summed E-state index contributed by atoms with van der Waals surface area (Å²) >= 11 is 5.93. The number of ether oxygens (including phenoxy) is 1. The zero-order chi connectivity index (χ0) is 10.0. The van der Waals surface area contributed by atoms with Crippen molar-refractivity contribution in [2.24, 2.45) is 0 Å². The lowest BCUT2D eigenvalue weighted by Crippen LogP contribution is -2.31. The van der Waals surface area contributed by atoms with Crippen LogP contribution in [0.4, 0.5) is 0 Å². The predicted molar refractivity (Wildman–Crippen MR) is 55.5 cm³/mol. The van der Waals surface area contributed by atoms with Crippen LogP contribution in [-0.4, -0.2) is 10.9 Å². The Morgan fingerprint density at radius 3 is 2.50 bits per heavy atom. The molecule has 0 radical (unpaired) electrons. The Hall–Kier alpha value is -0.730. The van der Waals surface area contributed by atoms with E-state index in [9.17, 15) is 5.11 Å². The van der Waals surface area contributed by atoms with E-state index in [2.05, 4.69) is 0 Å². The van der Waals surface area contributed by atoms with Gasteiger partial charge in [0.1, 0.15) is 5.75 Å². The molecule has 0 aliphatic heterocycles. The van der Waals surface area contributed by atoms with Crippen molar-refractivity contribution in [2.45, 2.75) is 31.5 Å². The minimum atomic E-state index is -0.995. The Kier molecular flexibility index (Phi) is 2.66. The molecule has 0 amide bonds. The normalized spacial score (nSPS) is 19.6. The molecule has 0 heterocycles. The molecule has 2 rings (SSSR count). The van der Waals surface area contributed by atoms with E-state index in [1.165, 1.54) is 0 Å². The van der Waals surface area contributed by atoms with Crippen LogP contribution in [0.3, 0.4) is 0 Å². The number of hydrogen-bond acceptors (Lipinski definition) is 2. The van der Waals surface area contributed by atoms with Crippen molar-refractivity contribution in [2.75, 3.05) is 0 Å². The molecule has 2 nitrogen and oxygen atoms in total. The van der Waals surface area contributed by atoms with Crippen molar-refractivity contribution in [1.29, 1.82) is 0 Å². The van der Waals surface area contributed by atoms with E-state index in [1.54, 1.807) is 12.1 Å². The lowest BCUT2D eigenvalue weighted by Gasteiger charge is -2.24. The zero-order valence-electron chi connectivity index (χ0n) is 7.87. The van der Waals surface area contributed by atoms with Crippen molar-refractivity contribution in [3.05, 3.63) is 29.3 Å². The molecule has 1 aromatic rings. The molecule has 14 heavy (non-hydrogen) atoms. The van der Waals surface area contributed by atoms with Gasteiger partial charge in [0.25, 0.3) is 0 Å². The van der Waals surface area contributed by atoms with Crippen LogP contribution >= 0.6 is 11.6 Å². The molecule has 0 bridgehead atoms. The summed E-state index contributed by atoms with van der Waals surface area (Å²) in [6.07, 6.45) is 3.42. The van der Waals surface area contributed by atoms with Gasteiger partial charge in [0.2, 0.25) is 5.79 Å². The molecule has 0 spiro atoms. The third kappa shape index (κ3) is 2.02. The number of hydrogen-bond donors (Lipinski definition) is 1. The molecule has 1 saturated carbocycles. The highest BCUT2D eigenvalue weighted by atomic mass is 35.5. The second-order valence-corrected chi connectivity index (χ2v) is 4.09. The number of rotatable bonds is 2. The van der Waals surface area contributed by atoms with E-state index in [0.717, 1.165) is 12.8 Å². The molecule has 0 saturated heterocycles. The molecule has 1 N–H and O–H groups in total. The fourth-order valence-electron chi connectivity index (χ4n) is 1.76. The zero-order valence-corrected chi connectivity index (χ0v) is 8.63. The topological polar surface area (TPSA) is 29.5 Å². The van der Waals surface area contributed by atoms with Gasteiger partial charge < -0.3 is 9.84 Å². The molecular formula is C11H13ClO2. The molecule has 3 heteroatoms. The van der Waals surface area contributed by atoms with Crippen molar-refractivity contribution >= 4 is 11.6 Å². The molecule has 0 atom stereocenters. The van der Waals surface area contributed by atoms with Crippen LogP contribution in [0.1, 0.15) is 25.7 Å². The minimum absolute atomic E-state index is 0.549. The highest BCUT2D eigenvalue weighted by Crippen LogP contribution is 2.34. The van der Waals surface area contributed by atoms with Gasteiger partial charge in [-0.2, -0.15) is 0 Å². The van der Waals surface area contributed by atoms with Gasteiger partial charge in [0, 0.05) is 12.8 Å². The van der Waals surface area contributed by atoms with Crippen molar-refractivity contribution in [3.8, 4) is 5.75 Å². The molecule has 1 aliphatic carbocycles. The summed E-state index contributed by atoms with van der Waals surface area (Å²) in [6.45, 7) is 0. The van der Waals surface area contributed by atoms with Gasteiger partial charge in [-0.1, -0.05) is 23.7 Å². The second-order valence-electron chi connectivity index (χ2n) is 3.69. The average Bonchev–Trinajstić information content (AvgIpc) is 2.57. The maximum Gasteiger partial charge on any atom is 0.208 e. The Morgan fingerprint density at radius 1 is 1.21 bits per heavy atom. The summed E-state index contributed by atoms with van der Waals surface area (Å²) in [6, 6.07) is 7.22. The van der Waals surface area contributed by atoms with Crippen LogP contribution in [-0.2, 0) is 0 Å². The summed E-state index contributed by atoms with van der Waals surface area (Å²) in [5, 5.41) is 10.5. The lowest BCUT2D eigenvalue weighted by molar-refractivity contribution is -0.130. The Balaban J connectivity index is 2.14. The van der Waals surface area contributed by atoms with Gasteiger partial charge in [-0.25, -0.2) is 0 Å². The van der Waals surface area contributed by atoms with Crippen molar-refractivity contribution in [1.82, 2.24) is 0 Å². The third-order valence-corrected chi connectivity index (χ3v) is 2.83. The maximum absolute atomic E-state index is 9.99. The van der Waals surface area contributed by atoms with Crippen LogP contribution in [0.5, 0.6) is 5.75 Å². The summed E-state index contributed by atoms with van der Waals surface area (Å²) in [5.74, 6) is -0.427. The highest BCUT2D eigenvalue weighted by Gasteiger charge is 2.33. The van der Waals surface area contributed by atoms with E-state index < -0.39 is 5.79 Å². The van der Waals surface area contributed by atoms with Gasteiger partial charge in [0.05, 0.1) is 5.02 Å². The van der Waals surface area contributed by atoms with E-state index >= 15 is 0 Å². The molecule has 76 valence electrons. The molecular weight excluding hydrogens is 200 g/mol. The second kappa shape index (κ2) is 3.79. The summed E-state index contributed by atoms with van der Waals surface area (Å²) in [4.78, 5) is 0. The van der Waals surface area contributed by atoms with Gasteiger partial charge in [-0.05, 0) is 25.0 Å². The van der Waals surface area contributed by atoms with Gasteiger partial charge >= 0.3 is 0 Å².